The van der Waals surface area contributed by atoms with Gasteiger partial charge >= 0.3 is 0 Å². The van der Waals surface area contributed by atoms with Crippen molar-refractivity contribution in [3.63, 3.8) is 0 Å². The third kappa shape index (κ3) is 4.04. The predicted molar refractivity (Wildman–Crippen MR) is 77.8 cm³/mol. The molecular weight excluding hydrogens is 296 g/mol. The van der Waals surface area contributed by atoms with Crippen LogP contribution >= 0.6 is 23.1 Å². The quantitative estimate of drug-likeness (QED) is 0.825. The van der Waals surface area contributed by atoms with Crippen molar-refractivity contribution in [1.82, 2.24) is 20.7 Å². The summed E-state index contributed by atoms with van der Waals surface area (Å²) >= 11 is 2.87. The van der Waals surface area contributed by atoms with Crippen LogP contribution in [0, 0.1) is 6.92 Å². The van der Waals surface area contributed by atoms with Gasteiger partial charge in [0.2, 0.25) is 5.91 Å². The van der Waals surface area contributed by atoms with E-state index in [1.807, 2.05) is 26.8 Å². The summed E-state index contributed by atoms with van der Waals surface area (Å²) in [6, 6.07) is 1.68. The smallest absolute Gasteiger partial charge is 0.231 e. The average molecular weight is 312 g/mol. The Kier molecular flexibility index (Phi) is 5.13. The minimum absolute atomic E-state index is 0.0650. The van der Waals surface area contributed by atoms with E-state index in [1.165, 1.54) is 23.1 Å². The van der Waals surface area contributed by atoms with Crippen LogP contribution in [0.25, 0.3) is 0 Å². The second-order valence-electron chi connectivity index (χ2n) is 4.24. The molecule has 0 fully saturated rings. The van der Waals surface area contributed by atoms with Crippen molar-refractivity contribution < 1.29 is 9.32 Å². The maximum atomic E-state index is 11.8. The lowest BCUT2D eigenvalue weighted by Crippen LogP contribution is -2.27. The first-order chi connectivity index (χ1) is 9.58. The van der Waals surface area contributed by atoms with Crippen LogP contribution in [-0.4, -0.2) is 27.0 Å². The summed E-state index contributed by atoms with van der Waals surface area (Å²) in [6.45, 7) is 5.77. The molecule has 2 aromatic rings. The number of amides is 1. The van der Waals surface area contributed by atoms with Gasteiger partial charge in [0.25, 0.3) is 0 Å². The molecule has 2 heterocycles. The van der Waals surface area contributed by atoms with Gasteiger partial charge in [-0.2, -0.15) is 0 Å². The molecule has 0 unspecified atom stereocenters. The van der Waals surface area contributed by atoms with E-state index >= 15 is 0 Å². The SMILES string of the molecule is CCc1cc([C@H](C)NC(=O)CSc2nnc(C)s2)on1. The molecule has 8 heteroatoms. The van der Waals surface area contributed by atoms with Crippen molar-refractivity contribution in [3.8, 4) is 0 Å². The van der Waals surface area contributed by atoms with E-state index < -0.39 is 0 Å². The molecule has 1 amide bonds. The molecule has 0 aliphatic heterocycles. The Bertz CT molecular complexity index is 582. The number of thioether (sulfide) groups is 1. The normalized spacial score (nSPS) is 12.3. The van der Waals surface area contributed by atoms with Crippen LogP contribution in [-0.2, 0) is 11.2 Å². The largest absolute Gasteiger partial charge is 0.359 e. The van der Waals surface area contributed by atoms with E-state index in [0.717, 1.165) is 21.5 Å². The van der Waals surface area contributed by atoms with E-state index in [1.54, 1.807) is 0 Å². The van der Waals surface area contributed by atoms with Gasteiger partial charge in [0, 0.05) is 6.07 Å². The van der Waals surface area contributed by atoms with Crippen molar-refractivity contribution in [1.29, 1.82) is 0 Å². The number of nitrogens with one attached hydrogen (secondary N) is 1. The van der Waals surface area contributed by atoms with Crippen molar-refractivity contribution in [2.75, 3.05) is 5.75 Å². The molecule has 0 spiro atoms. The molecule has 0 aliphatic rings. The number of aryl methyl sites for hydroxylation is 2. The molecule has 0 saturated heterocycles. The zero-order chi connectivity index (χ0) is 14.5. The van der Waals surface area contributed by atoms with E-state index in [9.17, 15) is 4.79 Å². The highest BCUT2D eigenvalue weighted by Crippen LogP contribution is 2.22. The minimum Gasteiger partial charge on any atom is -0.359 e. The van der Waals surface area contributed by atoms with E-state index in [0.29, 0.717) is 11.5 Å². The van der Waals surface area contributed by atoms with Gasteiger partial charge in [0.05, 0.1) is 17.5 Å². The predicted octanol–water partition coefficient (Wildman–Crippen LogP) is 2.37. The van der Waals surface area contributed by atoms with Crippen molar-refractivity contribution in [2.45, 2.75) is 37.6 Å². The highest BCUT2D eigenvalue weighted by atomic mass is 32.2. The van der Waals surface area contributed by atoms with Gasteiger partial charge in [0.15, 0.2) is 10.1 Å². The lowest BCUT2D eigenvalue weighted by molar-refractivity contribution is -0.119. The average Bonchev–Trinajstić information content (AvgIpc) is 3.05. The van der Waals surface area contributed by atoms with Crippen LogP contribution in [0.2, 0.25) is 0 Å². The number of hydrogen-bond acceptors (Lipinski definition) is 7. The van der Waals surface area contributed by atoms with E-state index in [4.69, 9.17) is 4.52 Å². The summed E-state index contributed by atoms with van der Waals surface area (Å²) < 4.78 is 6.00. The number of carbonyl (C=O) groups is 1. The third-order valence-corrected chi connectivity index (χ3v) is 4.55. The van der Waals surface area contributed by atoms with Gasteiger partial charge in [-0.15, -0.1) is 10.2 Å². The first-order valence-electron chi connectivity index (χ1n) is 6.26. The summed E-state index contributed by atoms with van der Waals surface area (Å²) in [5.74, 6) is 0.921. The Morgan fingerprint density at radius 3 is 2.95 bits per heavy atom. The number of aromatic nitrogens is 3. The van der Waals surface area contributed by atoms with Crippen LogP contribution < -0.4 is 5.32 Å². The van der Waals surface area contributed by atoms with Gasteiger partial charge < -0.3 is 9.84 Å². The standard InChI is InChI=1S/C12H16N4O2S2/c1-4-9-5-10(18-16-9)7(2)13-11(17)6-19-12-15-14-8(3)20-12/h5,7H,4,6H2,1-3H3,(H,13,17)/t7-/m0/s1. The van der Waals surface area contributed by atoms with Gasteiger partial charge in [-0.05, 0) is 20.3 Å². The Hall–Kier alpha value is -1.41. The maximum absolute atomic E-state index is 11.8. The molecule has 1 N–H and O–H groups in total. The monoisotopic (exact) mass is 312 g/mol. The number of hydrogen-bond donors (Lipinski definition) is 1. The summed E-state index contributed by atoms with van der Waals surface area (Å²) in [7, 11) is 0. The van der Waals surface area contributed by atoms with Gasteiger partial charge in [-0.25, -0.2) is 0 Å². The fraction of sp³-hybridized carbons (Fsp3) is 0.500. The second-order valence-corrected chi connectivity index (χ2v) is 6.64. The van der Waals surface area contributed by atoms with Crippen LogP contribution in [0.15, 0.2) is 14.9 Å². The van der Waals surface area contributed by atoms with Crippen molar-refractivity contribution in [2.24, 2.45) is 0 Å². The molecule has 6 nitrogen and oxygen atoms in total. The molecule has 0 radical (unpaired) electrons. The van der Waals surface area contributed by atoms with Gasteiger partial charge in [-0.3, -0.25) is 4.79 Å². The first-order valence-corrected chi connectivity index (χ1v) is 8.06. The molecule has 0 bridgehead atoms. The lowest BCUT2D eigenvalue weighted by atomic mass is 10.2. The van der Waals surface area contributed by atoms with Crippen LogP contribution in [0.1, 0.15) is 36.4 Å². The van der Waals surface area contributed by atoms with E-state index in [-0.39, 0.29) is 11.9 Å². The zero-order valence-electron chi connectivity index (χ0n) is 11.5. The summed E-state index contributed by atoms with van der Waals surface area (Å²) in [5, 5.41) is 15.6. The zero-order valence-corrected chi connectivity index (χ0v) is 13.2. The van der Waals surface area contributed by atoms with Crippen molar-refractivity contribution >= 4 is 29.0 Å². The summed E-state index contributed by atoms with van der Waals surface area (Å²) in [4.78, 5) is 11.8. The molecule has 0 aromatic carbocycles. The van der Waals surface area contributed by atoms with Crippen LogP contribution in [0.5, 0.6) is 0 Å². The Morgan fingerprint density at radius 2 is 2.35 bits per heavy atom. The number of nitrogens with zero attached hydrogens (tertiary/aromatic N) is 3. The Labute approximate surface area is 125 Å². The molecule has 108 valence electrons. The minimum atomic E-state index is -0.188. The van der Waals surface area contributed by atoms with Crippen molar-refractivity contribution in [3.05, 3.63) is 22.5 Å². The van der Waals surface area contributed by atoms with Gasteiger partial charge in [-0.1, -0.05) is 35.2 Å². The fourth-order valence-corrected chi connectivity index (χ4v) is 3.14. The molecule has 0 aliphatic carbocycles. The molecule has 1 atom stereocenters. The highest BCUT2D eigenvalue weighted by molar-refractivity contribution is 8.01. The maximum Gasteiger partial charge on any atom is 0.231 e. The van der Waals surface area contributed by atoms with Crippen LogP contribution in [0.3, 0.4) is 0 Å². The third-order valence-electron chi connectivity index (χ3n) is 2.58. The fourth-order valence-electron chi connectivity index (χ4n) is 1.52. The molecule has 2 rings (SSSR count). The number of rotatable bonds is 6. The molecule has 20 heavy (non-hydrogen) atoms. The van der Waals surface area contributed by atoms with Crippen LogP contribution in [0.4, 0.5) is 0 Å². The topological polar surface area (TPSA) is 80.9 Å². The highest BCUT2D eigenvalue weighted by Gasteiger charge is 2.15. The van der Waals surface area contributed by atoms with Gasteiger partial charge in [0.1, 0.15) is 5.01 Å². The summed E-state index contributed by atoms with van der Waals surface area (Å²) in [5.41, 5.74) is 0.889. The Balaban J connectivity index is 1.81. The molecule has 0 saturated carbocycles. The second kappa shape index (κ2) is 6.85. The summed E-state index contributed by atoms with van der Waals surface area (Å²) in [6.07, 6.45) is 0.816. The van der Waals surface area contributed by atoms with E-state index in [2.05, 4.69) is 20.7 Å². The molecular formula is C12H16N4O2S2. The number of carbonyl (C=O) groups excluding carboxylic acids is 1. The lowest BCUT2D eigenvalue weighted by Gasteiger charge is -2.09. The first kappa shape index (κ1) is 15.0. The Morgan fingerprint density at radius 1 is 1.55 bits per heavy atom. The molecule has 2 aromatic heterocycles.